The van der Waals surface area contributed by atoms with Crippen molar-refractivity contribution in [2.24, 2.45) is 0 Å². The quantitative estimate of drug-likeness (QED) is 0.646. The summed E-state index contributed by atoms with van der Waals surface area (Å²) in [5, 5.41) is 14.3. The van der Waals surface area contributed by atoms with Gasteiger partial charge < -0.3 is 24.3 Å². The molecule has 2 rings (SSSR count). The van der Waals surface area contributed by atoms with Gasteiger partial charge in [0.15, 0.2) is 5.78 Å². The van der Waals surface area contributed by atoms with Crippen LogP contribution in [-0.2, 0) is 13.6 Å². The fraction of sp³-hybridized carbons (Fsp3) is 0.350. The van der Waals surface area contributed by atoms with E-state index in [9.17, 15) is 14.5 Å². The van der Waals surface area contributed by atoms with E-state index in [2.05, 4.69) is 5.32 Å². The summed E-state index contributed by atoms with van der Waals surface area (Å²) in [6, 6.07) is 15.3. The number of carbonyl (C=O) groups is 1. The second-order valence-corrected chi connectivity index (χ2v) is 8.69. The van der Waals surface area contributed by atoms with Crippen molar-refractivity contribution in [2.75, 3.05) is 5.32 Å². The number of carboxylic acids is 1. The summed E-state index contributed by atoms with van der Waals surface area (Å²) in [5.74, 6) is -2.09. The van der Waals surface area contributed by atoms with E-state index in [1.54, 1.807) is 39.8 Å². The zero-order chi connectivity index (χ0) is 20.0. The van der Waals surface area contributed by atoms with Gasteiger partial charge in [-0.15, -0.1) is 0 Å². The van der Waals surface area contributed by atoms with Gasteiger partial charge in [0.2, 0.25) is 0 Å². The van der Waals surface area contributed by atoms with Gasteiger partial charge in [-0.2, -0.15) is 0 Å². The molecule has 0 saturated carbocycles. The molecule has 6 nitrogen and oxygen atoms in total. The van der Waals surface area contributed by atoms with Gasteiger partial charge in [0.25, 0.3) is 0 Å². The van der Waals surface area contributed by atoms with E-state index < -0.39 is 19.3 Å². The molecule has 0 heterocycles. The minimum Gasteiger partial charge on any atom is -0.545 e. The van der Waals surface area contributed by atoms with E-state index in [0.717, 1.165) is 0 Å². The summed E-state index contributed by atoms with van der Waals surface area (Å²) < 4.78 is 25.2. The molecule has 146 valence electrons. The van der Waals surface area contributed by atoms with Gasteiger partial charge in [-0.1, -0.05) is 42.5 Å². The Hall–Kier alpha value is -2.14. The molecule has 1 N–H and O–H groups in total. The van der Waals surface area contributed by atoms with E-state index in [1.165, 1.54) is 12.1 Å². The fourth-order valence-corrected chi connectivity index (χ4v) is 4.92. The third kappa shape index (κ3) is 5.93. The first-order valence-corrected chi connectivity index (χ1v) is 10.4. The van der Waals surface area contributed by atoms with Crippen molar-refractivity contribution in [3.8, 4) is 0 Å². The van der Waals surface area contributed by atoms with Crippen LogP contribution in [0.15, 0.2) is 54.6 Å². The average molecular weight is 390 g/mol. The molecule has 0 fully saturated rings. The van der Waals surface area contributed by atoms with Crippen molar-refractivity contribution in [3.63, 3.8) is 0 Å². The van der Waals surface area contributed by atoms with Gasteiger partial charge in [-0.25, -0.2) is 0 Å². The van der Waals surface area contributed by atoms with Crippen LogP contribution in [-0.4, -0.2) is 18.2 Å². The molecule has 0 unspecified atom stereocenters. The van der Waals surface area contributed by atoms with Gasteiger partial charge >= 0.3 is 7.60 Å². The predicted octanol–water partition coefficient (Wildman–Crippen LogP) is 4.20. The van der Waals surface area contributed by atoms with Crippen LogP contribution in [0.25, 0.3) is 0 Å². The Morgan fingerprint density at radius 3 is 2.07 bits per heavy atom. The highest BCUT2D eigenvalue weighted by Gasteiger charge is 2.39. The normalized spacial score (nSPS) is 13.0. The van der Waals surface area contributed by atoms with Crippen molar-refractivity contribution in [1.82, 2.24) is 0 Å². The number of anilines is 1. The van der Waals surface area contributed by atoms with Crippen molar-refractivity contribution in [3.05, 3.63) is 65.7 Å². The Balaban J connectivity index is 2.49. The number of carboxylic acid groups (broad SMARTS) is 1. The van der Waals surface area contributed by atoms with Crippen LogP contribution in [0.2, 0.25) is 0 Å². The molecule has 0 spiro atoms. The molecule has 0 aliphatic carbocycles. The van der Waals surface area contributed by atoms with Crippen LogP contribution in [0.5, 0.6) is 0 Å². The zero-order valence-electron chi connectivity index (χ0n) is 15.9. The van der Waals surface area contributed by atoms with E-state index in [4.69, 9.17) is 9.05 Å². The second-order valence-electron chi connectivity index (χ2n) is 6.67. The molecule has 0 saturated heterocycles. The van der Waals surface area contributed by atoms with Gasteiger partial charge in [0, 0.05) is 5.69 Å². The Labute approximate surface area is 160 Å². The summed E-state index contributed by atoms with van der Waals surface area (Å²) in [4.78, 5) is 11.2. The molecule has 2 aromatic carbocycles. The SMILES string of the molecule is CC(C)OP(=O)(OC(C)C)[C@H](Nc1cccc(C(=O)[O-])c1)c1ccccc1. The number of hydrogen-bond acceptors (Lipinski definition) is 6. The van der Waals surface area contributed by atoms with Crippen molar-refractivity contribution in [1.29, 1.82) is 0 Å². The topological polar surface area (TPSA) is 87.7 Å². The largest absolute Gasteiger partial charge is 0.545 e. The molecule has 0 bridgehead atoms. The first-order valence-electron chi connectivity index (χ1n) is 8.80. The van der Waals surface area contributed by atoms with Crippen LogP contribution in [0.4, 0.5) is 5.69 Å². The molecule has 1 atom stereocenters. The lowest BCUT2D eigenvalue weighted by molar-refractivity contribution is -0.255. The summed E-state index contributed by atoms with van der Waals surface area (Å²) in [6.45, 7) is 7.15. The fourth-order valence-electron chi connectivity index (χ4n) is 2.61. The smallest absolute Gasteiger partial charge is 0.357 e. The highest BCUT2D eigenvalue weighted by atomic mass is 31.2. The Bertz CT molecular complexity index is 793. The van der Waals surface area contributed by atoms with Crippen LogP contribution in [0.1, 0.15) is 49.4 Å². The van der Waals surface area contributed by atoms with E-state index in [0.29, 0.717) is 11.3 Å². The number of benzene rings is 2. The Morgan fingerprint density at radius 1 is 0.963 bits per heavy atom. The summed E-state index contributed by atoms with van der Waals surface area (Å²) in [7, 11) is -3.64. The first-order chi connectivity index (χ1) is 12.7. The van der Waals surface area contributed by atoms with Gasteiger partial charge in [0.05, 0.1) is 18.2 Å². The van der Waals surface area contributed by atoms with Gasteiger partial charge in [-0.3, -0.25) is 4.57 Å². The second kappa shape index (κ2) is 9.18. The standard InChI is InChI=1S/C20H26NO5P/c1-14(2)25-27(24,26-15(3)4)19(16-9-6-5-7-10-16)21-18-12-8-11-17(13-18)20(22)23/h5-15,19,21H,1-4H3,(H,22,23)/p-1/t19-/m0/s1. The molecule has 0 aromatic heterocycles. The molecular weight excluding hydrogens is 365 g/mol. The molecule has 0 aliphatic rings. The molecule has 0 aliphatic heterocycles. The summed E-state index contributed by atoms with van der Waals surface area (Å²) in [6.07, 6.45) is -0.644. The Morgan fingerprint density at radius 2 is 1.56 bits per heavy atom. The van der Waals surface area contributed by atoms with E-state index in [-0.39, 0.29) is 17.8 Å². The average Bonchev–Trinajstić information content (AvgIpc) is 2.59. The monoisotopic (exact) mass is 390 g/mol. The third-order valence-corrected chi connectivity index (χ3v) is 6.04. The highest BCUT2D eigenvalue weighted by molar-refractivity contribution is 7.54. The van der Waals surface area contributed by atoms with Crippen LogP contribution < -0.4 is 10.4 Å². The highest BCUT2D eigenvalue weighted by Crippen LogP contribution is 2.62. The lowest BCUT2D eigenvalue weighted by Crippen LogP contribution is -2.22. The van der Waals surface area contributed by atoms with Crippen LogP contribution >= 0.6 is 7.60 Å². The van der Waals surface area contributed by atoms with Crippen LogP contribution in [0, 0.1) is 0 Å². The number of aromatic carboxylic acids is 1. The molecule has 27 heavy (non-hydrogen) atoms. The maximum absolute atomic E-state index is 13.7. The number of nitrogens with one attached hydrogen (secondary N) is 1. The van der Waals surface area contributed by atoms with Gasteiger partial charge in [0.1, 0.15) is 0 Å². The predicted molar refractivity (Wildman–Crippen MR) is 104 cm³/mol. The van der Waals surface area contributed by atoms with Crippen molar-refractivity contribution < 1.29 is 23.5 Å². The third-order valence-electron chi connectivity index (χ3n) is 3.55. The van der Waals surface area contributed by atoms with Gasteiger partial charge in [-0.05, 0) is 51.0 Å². The summed E-state index contributed by atoms with van der Waals surface area (Å²) in [5.41, 5.74) is 1.21. The van der Waals surface area contributed by atoms with Crippen molar-refractivity contribution in [2.45, 2.75) is 45.7 Å². The zero-order valence-corrected chi connectivity index (χ0v) is 16.8. The summed E-state index contributed by atoms with van der Waals surface area (Å²) >= 11 is 0. The maximum atomic E-state index is 13.7. The molecule has 0 amide bonds. The molecule has 7 heteroatoms. The molecular formula is C20H25NO5P-. The van der Waals surface area contributed by atoms with E-state index >= 15 is 0 Å². The number of rotatable bonds is 9. The van der Waals surface area contributed by atoms with E-state index in [1.807, 2.05) is 30.3 Å². The maximum Gasteiger partial charge on any atom is 0.357 e. The minimum atomic E-state index is -3.64. The van der Waals surface area contributed by atoms with Crippen molar-refractivity contribution >= 4 is 19.3 Å². The lowest BCUT2D eigenvalue weighted by Gasteiger charge is -2.31. The number of hydrogen-bond donors (Lipinski definition) is 1. The molecule has 0 radical (unpaired) electrons. The number of carbonyl (C=O) groups excluding carboxylic acids is 1. The molecule has 2 aromatic rings. The lowest BCUT2D eigenvalue weighted by atomic mass is 10.2. The first kappa shape index (κ1) is 21.2. The van der Waals surface area contributed by atoms with Crippen LogP contribution in [0.3, 0.4) is 0 Å². The minimum absolute atomic E-state index is 0.0243. The Kier molecular flexibility index (Phi) is 7.19.